The van der Waals surface area contributed by atoms with Gasteiger partial charge >= 0.3 is 0 Å². The van der Waals surface area contributed by atoms with Gasteiger partial charge in [0.05, 0.1) is 6.26 Å². The summed E-state index contributed by atoms with van der Waals surface area (Å²) in [7, 11) is 0. The van der Waals surface area contributed by atoms with Gasteiger partial charge < -0.3 is 13.8 Å². The molecular formula is C19H13F2N5O3. The normalized spacial score (nSPS) is 16.7. The van der Waals surface area contributed by atoms with Gasteiger partial charge in [0.15, 0.2) is 11.6 Å². The molecule has 4 heterocycles. The zero-order valence-corrected chi connectivity index (χ0v) is 14.8. The number of aromatic nitrogens is 4. The van der Waals surface area contributed by atoms with E-state index in [1.54, 1.807) is 24.5 Å². The van der Waals surface area contributed by atoms with Crippen LogP contribution in [0.5, 0.6) is 0 Å². The van der Waals surface area contributed by atoms with Crippen LogP contribution in [-0.2, 0) is 4.79 Å². The smallest absolute Gasteiger partial charge is 0.275 e. The Bertz CT molecular complexity index is 1160. The first-order valence-corrected chi connectivity index (χ1v) is 8.76. The SMILES string of the molecule is O=C1CC(c2noc(-c3cc(-c4ccco4)n[nH]3)n2)CN1c1cc(F)cc(F)c1. The fourth-order valence-corrected chi connectivity index (χ4v) is 3.32. The van der Waals surface area contributed by atoms with Crippen molar-refractivity contribution in [1.82, 2.24) is 20.3 Å². The van der Waals surface area contributed by atoms with E-state index in [1.807, 2.05) is 0 Å². The molecule has 0 spiro atoms. The lowest BCUT2D eigenvalue weighted by molar-refractivity contribution is -0.117. The fourth-order valence-electron chi connectivity index (χ4n) is 3.32. The molecule has 146 valence electrons. The first kappa shape index (κ1) is 17.3. The second kappa shape index (κ2) is 6.66. The van der Waals surface area contributed by atoms with Gasteiger partial charge in [0.1, 0.15) is 23.0 Å². The third-order valence-electron chi connectivity index (χ3n) is 4.67. The average molecular weight is 397 g/mol. The molecule has 0 bridgehead atoms. The summed E-state index contributed by atoms with van der Waals surface area (Å²) in [5.74, 6) is -0.984. The number of benzene rings is 1. The van der Waals surface area contributed by atoms with E-state index in [-0.39, 0.29) is 36.4 Å². The molecule has 1 N–H and O–H groups in total. The largest absolute Gasteiger partial charge is 0.463 e. The number of rotatable bonds is 4. The van der Waals surface area contributed by atoms with Crippen molar-refractivity contribution in [3.05, 3.63) is 60.1 Å². The molecule has 1 aliphatic heterocycles. The zero-order valence-electron chi connectivity index (χ0n) is 14.8. The minimum atomic E-state index is -0.746. The topological polar surface area (TPSA) is 101 Å². The van der Waals surface area contributed by atoms with Crippen LogP contribution in [0.3, 0.4) is 0 Å². The second-order valence-electron chi connectivity index (χ2n) is 6.63. The summed E-state index contributed by atoms with van der Waals surface area (Å²) in [4.78, 5) is 18.0. The Labute approximate surface area is 162 Å². The fraction of sp³-hybridized carbons (Fsp3) is 0.158. The third-order valence-corrected chi connectivity index (χ3v) is 4.67. The van der Waals surface area contributed by atoms with Crippen LogP contribution in [0.2, 0.25) is 0 Å². The molecule has 4 aromatic rings. The van der Waals surface area contributed by atoms with Crippen molar-refractivity contribution >= 4 is 11.6 Å². The molecule has 1 aromatic carbocycles. The number of nitrogens with one attached hydrogen (secondary N) is 1. The van der Waals surface area contributed by atoms with Gasteiger partial charge in [-0.25, -0.2) is 8.78 Å². The van der Waals surface area contributed by atoms with Crippen LogP contribution >= 0.6 is 0 Å². The number of hydrogen-bond donors (Lipinski definition) is 1. The van der Waals surface area contributed by atoms with Crippen molar-refractivity contribution in [3.63, 3.8) is 0 Å². The number of nitrogens with zero attached hydrogens (tertiary/aromatic N) is 4. The number of carbonyl (C=O) groups excluding carboxylic acids is 1. The van der Waals surface area contributed by atoms with Gasteiger partial charge in [0, 0.05) is 36.7 Å². The molecule has 1 atom stereocenters. The first-order chi connectivity index (χ1) is 14.1. The summed E-state index contributed by atoms with van der Waals surface area (Å²) < 4.78 is 37.6. The maximum absolute atomic E-state index is 13.5. The summed E-state index contributed by atoms with van der Waals surface area (Å²) in [6.45, 7) is 0.196. The van der Waals surface area contributed by atoms with E-state index in [4.69, 9.17) is 8.94 Å². The van der Waals surface area contributed by atoms with Crippen LogP contribution in [-0.4, -0.2) is 32.8 Å². The molecule has 0 radical (unpaired) electrons. The van der Waals surface area contributed by atoms with E-state index in [9.17, 15) is 13.6 Å². The first-order valence-electron chi connectivity index (χ1n) is 8.76. The summed E-state index contributed by atoms with van der Waals surface area (Å²) in [6, 6.07) is 8.22. The Balaban J connectivity index is 1.36. The number of halogens is 2. The quantitative estimate of drug-likeness (QED) is 0.565. The Hall–Kier alpha value is -3.82. The van der Waals surface area contributed by atoms with Gasteiger partial charge in [0.25, 0.3) is 5.89 Å². The molecular weight excluding hydrogens is 384 g/mol. The highest BCUT2D eigenvalue weighted by atomic mass is 19.1. The van der Waals surface area contributed by atoms with Crippen LogP contribution in [0, 0.1) is 11.6 Å². The monoisotopic (exact) mass is 397 g/mol. The van der Waals surface area contributed by atoms with Gasteiger partial charge in [-0.1, -0.05) is 5.16 Å². The van der Waals surface area contributed by atoms with Gasteiger partial charge in [0.2, 0.25) is 5.91 Å². The minimum Gasteiger partial charge on any atom is -0.463 e. The zero-order chi connectivity index (χ0) is 20.0. The lowest BCUT2D eigenvalue weighted by Gasteiger charge is -2.16. The second-order valence-corrected chi connectivity index (χ2v) is 6.63. The van der Waals surface area contributed by atoms with Crippen LogP contribution < -0.4 is 4.90 Å². The van der Waals surface area contributed by atoms with Crippen LogP contribution in [0.25, 0.3) is 23.0 Å². The van der Waals surface area contributed by atoms with Gasteiger partial charge in [-0.2, -0.15) is 10.1 Å². The summed E-state index contributed by atoms with van der Waals surface area (Å²) in [5, 5.41) is 10.9. The predicted molar refractivity (Wildman–Crippen MR) is 95.7 cm³/mol. The van der Waals surface area contributed by atoms with Crippen LogP contribution in [0.4, 0.5) is 14.5 Å². The van der Waals surface area contributed by atoms with Gasteiger partial charge in [-0.05, 0) is 24.3 Å². The van der Waals surface area contributed by atoms with Crippen molar-refractivity contribution in [2.75, 3.05) is 11.4 Å². The highest BCUT2D eigenvalue weighted by molar-refractivity contribution is 5.96. The number of aromatic amines is 1. The Kier molecular flexibility index (Phi) is 3.97. The molecule has 1 saturated heterocycles. The van der Waals surface area contributed by atoms with Crippen molar-refractivity contribution in [3.8, 4) is 23.0 Å². The number of anilines is 1. The molecule has 29 heavy (non-hydrogen) atoms. The molecule has 1 unspecified atom stereocenters. The van der Waals surface area contributed by atoms with E-state index < -0.39 is 11.6 Å². The van der Waals surface area contributed by atoms with E-state index in [2.05, 4.69) is 20.3 Å². The van der Waals surface area contributed by atoms with Gasteiger partial charge in [-0.15, -0.1) is 0 Å². The van der Waals surface area contributed by atoms with Crippen LogP contribution in [0.15, 0.2) is 51.6 Å². The number of hydrogen-bond acceptors (Lipinski definition) is 6. The standard InChI is InChI=1S/C19H13F2N5O3/c20-11-5-12(21)7-13(6-11)26-9-10(4-17(26)27)18-22-19(29-25-18)15-8-14(23-24-15)16-2-1-3-28-16/h1-3,5-8,10H,4,9H2,(H,23,24). The molecule has 1 fully saturated rings. The minimum absolute atomic E-state index is 0.109. The Morgan fingerprint density at radius 1 is 1.17 bits per heavy atom. The highest BCUT2D eigenvalue weighted by Crippen LogP contribution is 2.32. The third kappa shape index (κ3) is 3.18. The van der Waals surface area contributed by atoms with Gasteiger partial charge in [-0.3, -0.25) is 9.89 Å². The van der Waals surface area contributed by atoms with Crippen molar-refractivity contribution in [1.29, 1.82) is 0 Å². The van der Waals surface area contributed by atoms with Crippen molar-refractivity contribution in [2.45, 2.75) is 12.3 Å². The summed E-state index contributed by atoms with van der Waals surface area (Å²) >= 11 is 0. The number of amides is 1. The summed E-state index contributed by atoms with van der Waals surface area (Å²) in [6.07, 6.45) is 1.65. The number of H-pyrrole nitrogens is 1. The lowest BCUT2D eigenvalue weighted by atomic mass is 10.1. The average Bonchev–Trinajstić information content (AvgIpc) is 3.45. The molecule has 0 saturated carbocycles. The van der Waals surface area contributed by atoms with E-state index in [0.717, 1.165) is 18.2 Å². The highest BCUT2D eigenvalue weighted by Gasteiger charge is 2.35. The number of furan rings is 1. The maximum Gasteiger partial charge on any atom is 0.275 e. The molecule has 8 nitrogen and oxygen atoms in total. The molecule has 3 aromatic heterocycles. The maximum atomic E-state index is 13.5. The van der Waals surface area contributed by atoms with Crippen molar-refractivity contribution < 1.29 is 22.5 Å². The number of carbonyl (C=O) groups is 1. The van der Waals surface area contributed by atoms with E-state index in [0.29, 0.717) is 23.0 Å². The van der Waals surface area contributed by atoms with Crippen LogP contribution in [0.1, 0.15) is 18.2 Å². The molecule has 5 rings (SSSR count). The summed E-state index contributed by atoms with van der Waals surface area (Å²) in [5.41, 5.74) is 1.25. The molecule has 1 amide bonds. The Morgan fingerprint density at radius 2 is 2.00 bits per heavy atom. The van der Waals surface area contributed by atoms with Crippen molar-refractivity contribution in [2.24, 2.45) is 0 Å². The molecule has 0 aliphatic carbocycles. The Morgan fingerprint density at radius 3 is 2.76 bits per heavy atom. The van der Waals surface area contributed by atoms with E-state index in [1.165, 1.54) is 4.90 Å². The predicted octanol–water partition coefficient (Wildman–Crippen LogP) is 3.52. The lowest BCUT2D eigenvalue weighted by Crippen LogP contribution is -2.24. The molecule has 1 aliphatic rings. The van der Waals surface area contributed by atoms with E-state index >= 15 is 0 Å². The molecule has 10 heteroatoms.